The summed E-state index contributed by atoms with van der Waals surface area (Å²) < 4.78 is 4.02. The molecule has 0 radical (unpaired) electrons. The van der Waals surface area contributed by atoms with Crippen molar-refractivity contribution in [2.45, 2.75) is 38.8 Å². The van der Waals surface area contributed by atoms with E-state index in [1.54, 1.807) is 6.33 Å². The Morgan fingerprint density at radius 2 is 2.13 bits per heavy atom. The Morgan fingerprint density at radius 3 is 2.91 bits per heavy atom. The highest BCUT2D eigenvalue weighted by Gasteiger charge is 2.29. The minimum atomic E-state index is 0.293. The van der Waals surface area contributed by atoms with Crippen LogP contribution in [0.3, 0.4) is 0 Å². The summed E-state index contributed by atoms with van der Waals surface area (Å²) in [7, 11) is 2.00. The van der Waals surface area contributed by atoms with Crippen molar-refractivity contribution in [2.24, 2.45) is 7.05 Å². The number of aryl methyl sites for hydroxylation is 2. The number of hydrogen-bond acceptors (Lipinski definition) is 5. The number of hydrogen-bond donors (Lipinski definition) is 0. The number of fused-ring (bicyclic) bond motifs is 1. The van der Waals surface area contributed by atoms with Crippen LogP contribution in [-0.2, 0) is 13.6 Å². The van der Waals surface area contributed by atoms with Gasteiger partial charge in [0.25, 0.3) is 0 Å². The van der Waals surface area contributed by atoms with Gasteiger partial charge in [-0.15, -0.1) is 0 Å². The lowest BCUT2D eigenvalue weighted by Crippen LogP contribution is -2.35. The maximum absolute atomic E-state index is 4.58. The number of nitrogens with zero attached hydrogens (tertiary/aromatic N) is 7. The van der Waals surface area contributed by atoms with Crippen molar-refractivity contribution in [3.05, 3.63) is 30.6 Å². The molecule has 1 atom stereocenters. The third kappa shape index (κ3) is 2.27. The first-order valence-electron chi connectivity index (χ1n) is 8.20. The third-order valence-electron chi connectivity index (χ3n) is 4.70. The molecule has 4 heterocycles. The van der Waals surface area contributed by atoms with Gasteiger partial charge in [0.2, 0.25) is 0 Å². The molecule has 0 saturated carbocycles. The van der Waals surface area contributed by atoms with Crippen molar-refractivity contribution < 1.29 is 0 Å². The summed E-state index contributed by atoms with van der Waals surface area (Å²) in [6.07, 6.45) is 8.88. The van der Waals surface area contributed by atoms with Gasteiger partial charge in [-0.25, -0.2) is 15.0 Å². The van der Waals surface area contributed by atoms with Crippen LogP contribution in [0.4, 0.5) is 5.82 Å². The number of piperidine rings is 1. The summed E-state index contributed by atoms with van der Waals surface area (Å²) in [5.74, 6) is 0.938. The molecule has 23 heavy (non-hydrogen) atoms. The molecule has 0 bridgehead atoms. The SMILES string of the molecule is CCn1cnc2c(N3CCCCC3c3ccnn3C)ncnc21. The quantitative estimate of drug-likeness (QED) is 0.742. The van der Waals surface area contributed by atoms with Gasteiger partial charge in [-0.1, -0.05) is 0 Å². The molecule has 1 aliphatic rings. The van der Waals surface area contributed by atoms with E-state index in [4.69, 9.17) is 0 Å². The fourth-order valence-corrected chi connectivity index (χ4v) is 3.51. The summed E-state index contributed by atoms with van der Waals surface area (Å²) in [5, 5.41) is 4.34. The van der Waals surface area contributed by atoms with Crippen molar-refractivity contribution in [2.75, 3.05) is 11.4 Å². The van der Waals surface area contributed by atoms with Crippen LogP contribution in [0, 0.1) is 0 Å². The van der Waals surface area contributed by atoms with E-state index >= 15 is 0 Å². The standard InChI is InChI=1S/C16H21N7/c1-3-22-11-19-14-15(22)17-10-18-16(14)23-9-5-4-6-13(23)12-7-8-20-21(12)2/h7-8,10-11,13H,3-6,9H2,1-2H3. The molecule has 1 fully saturated rings. The molecule has 120 valence electrons. The van der Waals surface area contributed by atoms with E-state index in [-0.39, 0.29) is 0 Å². The Bertz CT molecular complexity index is 819. The highest BCUT2D eigenvalue weighted by Crippen LogP contribution is 2.35. The van der Waals surface area contributed by atoms with E-state index in [1.165, 1.54) is 18.5 Å². The van der Waals surface area contributed by atoms with E-state index in [0.29, 0.717) is 6.04 Å². The van der Waals surface area contributed by atoms with Gasteiger partial charge in [-0.2, -0.15) is 5.10 Å². The molecule has 7 heteroatoms. The lowest BCUT2D eigenvalue weighted by molar-refractivity contribution is 0.448. The largest absolute Gasteiger partial charge is 0.346 e. The minimum absolute atomic E-state index is 0.293. The zero-order valence-electron chi connectivity index (χ0n) is 13.6. The molecule has 0 aromatic carbocycles. The first kappa shape index (κ1) is 14.2. The first-order valence-corrected chi connectivity index (χ1v) is 8.20. The Labute approximate surface area is 135 Å². The highest BCUT2D eigenvalue weighted by atomic mass is 15.3. The average molecular weight is 311 g/mol. The average Bonchev–Trinajstić information content (AvgIpc) is 3.20. The van der Waals surface area contributed by atoms with E-state index in [2.05, 4.69) is 42.5 Å². The predicted octanol–water partition coefficient (Wildman–Crippen LogP) is 2.31. The lowest BCUT2D eigenvalue weighted by atomic mass is 9.99. The first-order chi connectivity index (χ1) is 11.3. The monoisotopic (exact) mass is 311 g/mol. The van der Waals surface area contributed by atoms with Crippen molar-refractivity contribution in [3.63, 3.8) is 0 Å². The molecule has 3 aromatic rings. The molecular formula is C16H21N7. The molecule has 7 nitrogen and oxygen atoms in total. The van der Waals surface area contributed by atoms with Gasteiger partial charge in [0, 0.05) is 26.3 Å². The molecule has 3 aromatic heterocycles. The van der Waals surface area contributed by atoms with Crippen LogP contribution in [0.15, 0.2) is 24.9 Å². The highest BCUT2D eigenvalue weighted by molar-refractivity contribution is 5.83. The van der Waals surface area contributed by atoms with Gasteiger partial charge in [0.05, 0.1) is 18.1 Å². The van der Waals surface area contributed by atoms with Gasteiger partial charge in [-0.05, 0) is 32.3 Å². The van der Waals surface area contributed by atoms with Crippen molar-refractivity contribution in [1.82, 2.24) is 29.3 Å². The van der Waals surface area contributed by atoms with E-state index in [1.807, 2.05) is 24.3 Å². The molecule has 0 N–H and O–H groups in total. The van der Waals surface area contributed by atoms with Crippen molar-refractivity contribution >= 4 is 17.0 Å². The molecule has 0 amide bonds. The molecule has 4 rings (SSSR count). The lowest BCUT2D eigenvalue weighted by Gasteiger charge is -2.36. The van der Waals surface area contributed by atoms with E-state index in [9.17, 15) is 0 Å². The fourth-order valence-electron chi connectivity index (χ4n) is 3.51. The van der Waals surface area contributed by atoms with Crippen LogP contribution in [0.25, 0.3) is 11.2 Å². The minimum Gasteiger partial charge on any atom is -0.346 e. The molecular weight excluding hydrogens is 290 g/mol. The zero-order chi connectivity index (χ0) is 15.8. The second kappa shape index (κ2) is 5.64. The number of anilines is 1. The summed E-state index contributed by atoms with van der Waals surface area (Å²) in [6.45, 7) is 3.95. The Morgan fingerprint density at radius 1 is 1.22 bits per heavy atom. The zero-order valence-corrected chi connectivity index (χ0v) is 13.6. The maximum Gasteiger partial charge on any atom is 0.165 e. The normalized spacial score (nSPS) is 18.7. The number of rotatable bonds is 3. The molecule has 1 unspecified atom stereocenters. The predicted molar refractivity (Wildman–Crippen MR) is 88.1 cm³/mol. The smallest absolute Gasteiger partial charge is 0.165 e. The van der Waals surface area contributed by atoms with E-state index < -0.39 is 0 Å². The molecule has 0 aliphatic carbocycles. The van der Waals surface area contributed by atoms with Crippen LogP contribution in [-0.4, -0.2) is 35.8 Å². The Kier molecular flexibility index (Phi) is 3.48. The van der Waals surface area contributed by atoms with Crippen LogP contribution in [0.2, 0.25) is 0 Å². The van der Waals surface area contributed by atoms with Gasteiger partial charge >= 0.3 is 0 Å². The number of imidazole rings is 1. The molecule has 0 spiro atoms. The second-order valence-electron chi connectivity index (χ2n) is 5.98. The van der Waals surface area contributed by atoms with Crippen molar-refractivity contribution in [1.29, 1.82) is 0 Å². The summed E-state index contributed by atoms with van der Waals surface area (Å²) in [5.41, 5.74) is 3.03. The van der Waals surface area contributed by atoms with Crippen LogP contribution < -0.4 is 4.90 Å². The summed E-state index contributed by atoms with van der Waals surface area (Å²) in [6, 6.07) is 2.40. The van der Waals surface area contributed by atoms with Gasteiger partial charge in [0.1, 0.15) is 6.33 Å². The van der Waals surface area contributed by atoms with Crippen molar-refractivity contribution in [3.8, 4) is 0 Å². The van der Waals surface area contributed by atoms with Crippen LogP contribution in [0.5, 0.6) is 0 Å². The third-order valence-corrected chi connectivity index (χ3v) is 4.70. The number of aromatic nitrogens is 6. The van der Waals surface area contributed by atoms with Gasteiger partial charge in [0.15, 0.2) is 17.0 Å². The molecule has 1 saturated heterocycles. The second-order valence-corrected chi connectivity index (χ2v) is 5.98. The summed E-state index contributed by atoms with van der Waals surface area (Å²) in [4.78, 5) is 15.9. The van der Waals surface area contributed by atoms with E-state index in [0.717, 1.165) is 36.5 Å². The Hall–Kier alpha value is -2.44. The van der Waals surface area contributed by atoms with Crippen LogP contribution >= 0.6 is 0 Å². The molecule has 1 aliphatic heterocycles. The summed E-state index contributed by atoms with van der Waals surface area (Å²) >= 11 is 0. The van der Waals surface area contributed by atoms with Gasteiger partial charge < -0.3 is 9.47 Å². The maximum atomic E-state index is 4.58. The fraction of sp³-hybridized carbons (Fsp3) is 0.500. The van der Waals surface area contributed by atoms with Crippen LogP contribution in [0.1, 0.15) is 37.9 Å². The van der Waals surface area contributed by atoms with Gasteiger partial charge in [-0.3, -0.25) is 4.68 Å². The topological polar surface area (TPSA) is 64.7 Å². The Balaban J connectivity index is 1.81.